The van der Waals surface area contributed by atoms with Crippen LogP contribution in [0, 0.1) is 6.92 Å². The van der Waals surface area contributed by atoms with Crippen molar-refractivity contribution in [2.45, 2.75) is 38.5 Å². The molecule has 1 N–H and O–H groups in total. The first-order chi connectivity index (χ1) is 10.5. The van der Waals surface area contributed by atoms with Gasteiger partial charge in [0.1, 0.15) is 5.60 Å². The van der Waals surface area contributed by atoms with Crippen LogP contribution in [0.3, 0.4) is 0 Å². The summed E-state index contributed by atoms with van der Waals surface area (Å²) in [6, 6.07) is 17.9. The number of hydrogen-bond donors (Lipinski definition) is 1. The van der Waals surface area contributed by atoms with Crippen molar-refractivity contribution >= 4 is 5.91 Å². The lowest BCUT2D eigenvalue weighted by atomic mass is 9.98. The lowest BCUT2D eigenvalue weighted by Crippen LogP contribution is -2.37. The number of aryl methyl sites for hydroxylation is 1. The third-order valence-electron chi connectivity index (χ3n) is 4.47. The van der Waals surface area contributed by atoms with Crippen molar-refractivity contribution < 1.29 is 9.90 Å². The van der Waals surface area contributed by atoms with Crippen LogP contribution in [0.2, 0.25) is 0 Å². The van der Waals surface area contributed by atoms with E-state index in [9.17, 15) is 9.90 Å². The Morgan fingerprint density at radius 2 is 1.77 bits per heavy atom. The highest BCUT2D eigenvalue weighted by Gasteiger charge is 2.47. The monoisotopic (exact) mass is 295 g/mol. The van der Waals surface area contributed by atoms with E-state index in [0.29, 0.717) is 13.0 Å². The van der Waals surface area contributed by atoms with Crippen LogP contribution in [0.4, 0.5) is 0 Å². The molecule has 0 saturated carbocycles. The minimum absolute atomic E-state index is 0.0803. The zero-order valence-electron chi connectivity index (χ0n) is 13.0. The van der Waals surface area contributed by atoms with Gasteiger partial charge in [-0.2, -0.15) is 0 Å². The molecule has 0 aromatic heterocycles. The van der Waals surface area contributed by atoms with Crippen molar-refractivity contribution in [3.05, 3.63) is 71.3 Å². The van der Waals surface area contributed by atoms with E-state index in [1.165, 1.54) is 0 Å². The zero-order valence-corrected chi connectivity index (χ0v) is 13.0. The molecule has 2 atom stereocenters. The number of carbonyl (C=O) groups excluding carboxylic acids is 1. The van der Waals surface area contributed by atoms with Gasteiger partial charge in [0.2, 0.25) is 0 Å². The van der Waals surface area contributed by atoms with Crippen LogP contribution in [0.15, 0.2) is 54.6 Å². The van der Waals surface area contributed by atoms with Gasteiger partial charge in [0.15, 0.2) is 0 Å². The second-order valence-corrected chi connectivity index (χ2v) is 6.26. The molecule has 0 unspecified atom stereocenters. The summed E-state index contributed by atoms with van der Waals surface area (Å²) >= 11 is 0. The second kappa shape index (κ2) is 5.58. The van der Waals surface area contributed by atoms with E-state index in [1.807, 2.05) is 61.5 Å². The normalized spacial score (nSPS) is 24.8. The average molecular weight is 295 g/mol. The van der Waals surface area contributed by atoms with Gasteiger partial charge in [0, 0.05) is 13.0 Å². The molecule has 22 heavy (non-hydrogen) atoms. The molecule has 114 valence electrons. The van der Waals surface area contributed by atoms with E-state index in [-0.39, 0.29) is 11.9 Å². The molecular weight excluding hydrogens is 274 g/mol. The van der Waals surface area contributed by atoms with E-state index in [0.717, 1.165) is 16.7 Å². The van der Waals surface area contributed by atoms with Crippen LogP contribution in [-0.2, 0) is 11.3 Å². The molecule has 0 radical (unpaired) electrons. The largest absolute Gasteiger partial charge is 0.380 e. The van der Waals surface area contributed by atoms with Crippen molar-refractivity contribution in [3.63, 3.8) is 0 Å². The number of benzene rings is 2. The summed E-state index contributed by atoms with van der Waals surface area (Å²) in [5.41, 5.74) is 2.06. The van der Waals surface area contributed by atoms with Crippen molar-refractivity contribution in [2.75, 3.05) is 0 Å². The van der Waals surface area contributed by atoms with E-state index < -0.39 is 5.60 Å². The highest BCUT2D eigenvalue weighted by atomic mass is 16.3. The van der Waals surface area contributed by atoms with Crippen LogP contribution in [0.5, 0.6) is 0 Å². The Morgan fingerprint density at radius 3 is 2.45 bits per heavy atom. The maximum atomic E-state index is 12.6. The SMILES string of the molecule is Cc1ccccc1CN1C(=O)[C@](C)(O)C[C@@H]1c1ccccc1. The van der Waals surface area contributed by atoms with E-state index >= 15 is 0 Å². The molecule has 0 spiro atoms. The predicted molar refractivity (Wildman–Crippen MR) is 86.2 cm³/mol. The Kier molecular flexibility index (Phi) is 3.75. The fourth-order valence-electron chi connectivity index (χ4n) is 3.15. The summed E-state index contributed by atoms with van der Waals surface area (Å²) in [7, 11) is 0. The highest BCUT2D eigenvalue weighted by molar-refractivity contribution is 5.87. The first-order valence-corrected chi connectivity index (χ1v) is 7.62. The Hall–Kier alpha value is -2.13. The van der Waals surface area contributed by atoms with Crippen LogP contribution in [-0.4, -0.2) is 21.5 Å². The third kappa shape index (κ3) is 2.64. The number of likely N-dealkylation sites (tertiary alicyclic amines) is 1. The first-order valence-electron chi connectivity index (χ1n) is 7.62. The van der Waals surface area contributed by atoms with Gasteiger partial charge in [-0.1, -0.05) is 54.6 Å². The Balaban J connectivity index is 1.95. The molecule has 1 aliphatic heterocycles. The Morgan fingerprint density at radius 1 is 1.14 bits per heavy atom. The van der Waals surface area contributed by atoms with E-state index in [1.54, 1.807) is 11.8 Å². The number of hydrogen-bond acceptors (Lipinski definition) is 2. The molecular formula is C19H21NO2. The van der Waals surface area contributed by atoms with Gasteiger partial charge in [-0.25, -0.2) is 0 Å². The molecule has 0 bridgehead atoms. The molecule has 3 heteroatoms. The van der Waals surface area contributed by atoms with Crippen molar-refractivity contribution in [3.8, 4) is 0 Å². The van der Waals surface area contributed by atoms with Crippen molar-refractivity contribution in [1.29, 1.82) is 0 Å². The van der Waals surface area contributed by atoms with E-state index in [2.05, 4.69) is 0 Å². The molecule has 3 nitrogen and oxygen atoms in total. The standard InChI is InChI=1S/C19H21NO2/c1-14-8-6-7-11-16(14)13-20-17(12-19(2,22)18(20)21)15-9-4-3-5-10-15/h3-11,17,22H,12-13H2,1-2H3/t17-,19-/m1/s1. The Labute approximate surface area is 131 Å². The molecule has 1 saturated heterocycles. The summed E-state index contributed by atoms with van der Waals surface area (Å²) in [5.74, 6) is -0.190. The van der Waals surface area contributed by atoms with Crippen molar-refractivity contribution in [2.24, 2.45) is 0 Å². The van der Waals surface area contributed by atoms with Crippen LogP contribution in [0.25, 0.3) is 0 Å². The lowest BCUT2D eigenvalue weighted by molar-refractivity contribution is -0.142. The third-order valence-corrected chi connectivity index (χ3v) is 4.47. The summed E-state index contributed by atoms with van der Waals surface area (Å²) < 4.78 is 0. The Bertz CT molecular complexity index is 679. The summed E-state index contributed by atoms with van der Waals surface area (Å²) in [5, 5.41) is 10.4. The first kappa shape index (κ1) is 14.8. The van der Waals surface area contributed by atoms with Gasteiger partial charge < -0.3 is 10.0 Å². The van der Waals surface area contributed by atoms with Gasteiger partial charge in [0.05, 0.1) is 6.04 Å². The highest BCUT2D eigenvalue weighted by Crippen LogP contribution is 2.39. The molecule has 1 aliphatic rings. The molecule has 3 rings (SSSR count). The fraction of sp³-hybridized carbons (Fsp3) is 0.316. The minimum atomic E-state index is -1.29. The van der Waals surface area contributed by atoms with Gasteiger partial charge in [-0.3, -0.25) is 4.79 Å². The molecule has 2 aromatic rings. The van der Waals surface area contributed by atoms with Gasteiger partial charge in [-0.05, 0) is 30.5 Å². The molecule has 1 fully saturated rings. The average Bonchev–Trinajstić information content (AvgIpc) is 2.74. The molecule has 0 aliphatic carbocycles. The zero-order chi connectivity index (χ0) is 15.7. The summed E-state index contributed by atoms with van der Waals surface area (Å²) in [6.07, 6.45) is 0.432. The summed E-state index contributed by atoms with van der Waals surface area (Å²) in [4.78, 5) is 14.4. The molecule has 1 amide bonds. The van der Waals surface area contributed by atoms with Crippen LogP contribution >= 0.6 is 0 Å². The fourth-order valence-corrected chi connectivity index (χ4v) is 3.15. The van der Waals surface area contributed by atoms with E-state index in [4.69, 9.17) is 0 Å². The van der Waals surface area contributed by atoms with Gasteiger partial charge >= 0.3 is 0 Å². The molecule has 2 aromatic carbocycles. The van der Waals surface area contributed by atoms with Gasteiger partial charge in [0.25, 0.3) is 5.91 Å². The van der Waals surface area contributed by atoms with Crippen LogP contribution in [0.1, 0.15) is 36.1 Å². The summed E-state index contributed by atoms with van der Waals surface area (Å²) in [6.45, 7) is 4.19. The molecule has 1 heterocycles. The number of rotatable bonds is 3. The quantitative estimate of drug-likeness (QED) is 0.944. The number of carbonyl (C=O) groups is 1. The maximum absolute atomic E-state index is 12.6. The number of aliphatic hydroxyl groups is 1. The number of nitrogens with zero attached hydrogens (tertiary/aromatic N) is 1. The smallest absolute Gasteiger partial charge is 0.255 e. The minimum Gasteiger partial charge on any atom is -0.380 e. The van der Waals surface area contributed by atoms with Gasteiger partial charge in [-0.15, -0.1) is 0 Å². The topological polar surface area (TPSA) is 40.5 Å². The van der Waals surface area contributed by atoms with Crippen molar-refractivity contribution in [1.82, 2.24) is 4.90 Å². The van der Waals surface area contributed by atoms with Crippen LogP contribution < -0.4 is 0 Å². The number of amides is 1. The second-order valence-electron chi connectivity index (χ2n) is 6.26. The lowest BCUT2D eigenvalue weighted by Gasteiger charge is -2.26. The maximum Gasteiger partial charge on any atom is 0.255 e. The predicted octanol–water partition coefficient (Wildman–Crippen LogP) is 3.22.